The zero-order valence-electron chi connectivity index (χ0n) is 15.9. The lowest BCUT2D eigenvalue weighted by Gasteiger charge is -2.32. The Morgan fingerprint density at radius 3 is 2.44 bits per heavy atom. The van der Waals surface area contributed by atoms with Crippen LogP contribution in [-0.4, -0.2) is 24.8 Å². The van der Waals surface area contributed by atoms with Crippen LogP contribution in [0.15, 0.2) is 60.7 Å². The molecule has 0 spiro atoms. The van der Waals surface area contributed by atoms with Gasteiger partial charge in [0.05, 0.1) is 0 Å². The first-order valence-electron chi connectivity index (χ1n) is 9.76. The molecule has 3 nitrogen and oxygen atoms in total. The number of hydrogen-bond donors (Lipinski definition) is 1. The topological polar surface area (TPSA) is 27.4 Å². The number of hydrogen-bond acceptors (Lipinski definition) is 2. The van der Waals surface area contributed by atoms with Gasteiger partial charge in [-0.1, -0.05) is 24.3 Å². The number of aryl methyl sites for hydroxylation is 1. The first-order chi connectivity index (χ1) is 13.2. The van der Waals surface area contributed by atoms with Gasteiger partial charge in [-0.3, -0.25) is 0 Å². The summed E-state index contributed by atoms with van der Waals surface area (Å²) in [7, 11) is 2.11. The number of aliphatic hydroxyl groups excluding tert-OH is 1. The van der Waals surface area contributed by atoms with Gasteiger partial charge < -0.3 is 10.0 Å². The minimum atomic E-state index is 0.323. The molecule has 1 N–H and O–H groups in total. The maximum absolute atomic E-state index is 9.29. The van der Waals surface area contributed by atoms with Crippen molar-refractivity contribution in [2.24, 2.45) is 13.0 Å². The van der Waals surface area contributed by atoms with Gasteiger partial charge in [-0.15, -0.1) is 0 Å². The summed E-state index contributed by atoms with van der Waals surface area (Å²) in [6, 6.07) is 21.6. The molecule has 138 valence electrons. The van der Waals surface area contributed by atoms with Gasteiger partial charge in [0.25, 0.3) is 0 Å². The average molecular weight is 359 g/mol. The molecule has 0 radical (unpaired) electrons. The lowest BCUT2D eigenvalue weighted by Crippen LogP contribution is -2.34. The van der Waals surface area contributed by atoms with Crippen molar-refractivity contribution in [3.05, 3.63) is 71.9 Å². The Morgan fingerprint density at radius 1 is 0.963 bits per heavy atom. The summed E-state index contributed by atoms with van der Waals surface area (Å²) in [5.74, 6) is 0.478. The van der Waals surface area contributed by atoms with Crippen LogP contribution in [0.2, 0.25) is 0 Å². The van der Waals surface area contributed by atoms with Gasteiger partial charge in [0, 0.05) is 49.0 Å². The van der Waals surface area contributed by atoms with Crippen LogP contribution in [0.3, 0.4) is 0 Å². The van der Waals surface area contributed by atoms with E-state index in [2.05, 4.69) is 89.3 Å². The van der Waals surface area contributed by atoms with E-state index in [9.17, 15) is 5.11 Å². The molecule has 0 bridgehead atoms. The molecule has 3 aromatic rings. The lowest BCUT2D eigenvalue weighted by molar-refractivity contribution is -0.646. The Bertz CT molecular complexity index is 938. The molecule has 2 aromatic carbocycles. The molecule has 1 saturated heterocycles. The number of piperidine rings is 1. The highest BCUT2D eigenvalue weighted by atomic mass is 16.3. The average Bonchev–Trinajstić information content (AvgIpc) is 2.74. The van der Waals surface area contributed by atoms with Crippen molar-refractivity contribution in [1.29, 1.82) is 0 Å². The molecule has 0 saturated carbocycles. The summed E-state index contributed by atoms with van der Waals surface area (Å²) < 4.78 is 2.23. The third-order valence-corrected chi connectivity index (χ3v) is 5.70. The van der Waals surface area contributed by atoms with E-state index in [0.717, 1.165) is 25.9 Å². The SMILES string of the molecule is C[n+]1c(/C=C/c2ccc(N3CCC(CO)CC3)cc2)ccc2ccccc21. The second kappa shape index (κ2) is 7.93. The van der Waals surface area contributed by atoms with Gasteiger partial charge in [0.1, 0.15) is 7.05 Å². The standard InChI is InChI=1S/C24H27N2O/c1-25-22(13-9-21-4-2-3-5-24(21)25)10-6-19-7-11-23(12-8-19)26-16-14-20(18-27)15-17-26/h2-13,20,27H,14-18H2,1H3/q+1. The summed E-state index contributed by atoms with van der Waals surface area (Å²) in [5.41, 5.74) is 4.90. The summed E-state index contributed by atoms with van der Waals surface area (Å²) >= 11 is 0. The zero-order chi connectivity index (χ0) is 18.6. The van der Waals surface area contributed by atoms with Crippen molar-refractivity contribution in [3.63, 3.8) is 0 Å². The first-order valence-corrected chi connectivity index (χ1v) is 9.76. The van der Waals surface area contributed by atoms with Crippen LogP contribution < -0.4 is 9.47 Å². The van der Waals surface area contributed by atoms with E-state index in [4.69, 9.17) is 0 Å². The molecule has 1 aliphatic rings. The molecule has 1 fully saturated rings. The van der Waals surface area contributed by atoms with Gasteiger partial charge in [-0.25, -0.2) is 0 Å². The molecule has 0 atom stereocenters. The molecule has 1 aromatic heterocycles. The zero-order valence-corrected chi connectivity index (χ0v) is 15.9. The first kappa shape index (κ1) is 17.7. The maximum Gasteiger partial charge on any atom is 0.212 e. The van der Waals surface area contributed by atoms with E-state index in [1.165, 1.54) is 27.8 Å². The molecular weight excluding hydrogens is 332 g/mol. The molecule has 0 unspecified atom stereocenters. The Kier molecular flexibility index (Phi) is 5.21. The highest BCUT2D eigenvalue weighted by Gasteiger charge is 2.18. The van der Waals surface area contributed by atoms with Crippen molar-refractivity contribution in [2.45, 2.75) is 12.8 Å². The number of benzene rings is 2. The Hall–Kier alpha value is -2.65. The van der Waals surface area contributed by atoms with E-state index in [-0.39, 0.29) is 0 Å². The van der Waals surface area contributed by atoms with Crippen LogP contribution in [-0.2, 0) is 7.05 Å². The minimum absolute atomic E-state index is 0.323. The summed E-state index contributed by atoms with van der Waals surface area (Å²) in [6.45, 7) is 2.39. The van der Waals surface area contributed by atoms with E-state index in [1.807, 2.05) is 0 Å². The van der Waals surface area contributed by atoms with Crippen LogP contribution in [0.25, 0.3) is 23.1 Å². The van der Waals surface area contributed by atoms with E-state index < -0.39 is 0 Å². The Labute approximate surface area is 161 Å². The summed E-state index contributed by atoms with van der Waals surface area (Å²) in [5, 5.41) is 10.5. The van der Waals surface area contributed by atoms with Crippen LogP contribution in [0, 0.1) is 5.92 Å². The van der Waals surface area contributed by atoms with Crippen LogP contribution in [0.5, 0.6) is 0 Å². The minimum Gasteiger partial charge on any atom is -0.396 e. The molecular formula is C24H27N2O+. The second-order valence-electron chi connectivity index (χ2n) is 7.41. The maximum atomic E-state index is 9.29. The van der Waals surface area contributed by atoms with Crippen LogP contribution in [0.4, 0.5) is 5.69 Å². The molecule has 4 rings (SSSR count). The van der Waals surface area contributed by atoms with Gasteiger partial charge in [0.2, 0.25) is 11.2 Å². The van der Waals surface area contributed by atoms with Crippen molar-refractivity contribution in [3.8, 4) is 0 Å². The predicted molar refractivity (Wildman–Crippen MR) is 113 cm³/mol. The number of aliphatic hydroxyl groups is 1. The normalized spacial score (nSPS) is 15.7. The van der Waals surface area contributed by atoms with Gasteiger partial charge in [-0.05, 0) is 54.7 Å². The highest BCUT2D eigenvalue weighted by Crippen LogP contribution is 2.23. The smallest absolute Gasteiger partial charge is 0.212 e. The number of aromatic nitrogens is 1. The second-order valence-corrected chi connectivity index (χ2v) is 7.41. The van der Waals surface area contributed by atoms with E-state index in [1.54, 1.807) is 0 Å². The quantitative estimate of drug-likeness (QED) is 0.712. The van der Waals surface area contributed by atoms with Gasteiger partial charge >= 0.3 is 0 Å². The van der Waals surface area contributed by atoms with Gasteiger partial charge in [-0.2, -0.15) is 4.57 Å². The number of anilines is 1. The third kappa shape index (κ3) is 3.88. The van der Waals surface area contributed by atoms with Crippen molar-refractivity contribution >= 4 is 28.7 Å². The van der Waals surface area contributed by atoms with E-state index >= 15 is 0 Å². The van der Waals surface area contributed by atoms with E-state index in [0.29, 0.717) is 12.5 Å². The fourth-order valence-electron chi connectivity index (χ4n) is 3.88. The number of nitrogens with zero attached hydrogens (tertiary/aromatic N) is 2. The molecule has 0 aliphatic carbocycles. The predicted octanol–water partition coefficient (Wildman–Crippen LogP) is 4.04. The van der Waals surface area contributed by atoms with Crippen LogP contribution >= 0.6 is 0 Å². The Balaban J connectivity index is 1.48. The van der Waals surface area contributed by atoms with Crippen molar-refractivity contribution in [2.75, 3.05) is 24.6 Å². The number of fused-ring (bicyclic) bond motifs is 1. The molecule has 0 amide bonds. The van der Waals surface area contributed by atoms with Crippen LogP contribution in [0.1, 0.15) is 24.1 Å². The fraction of sp³-hybridized carbons (Fsp3) is 0.292. The number of rotatable bonds is 4. The lowest BCUT2D eigenvalue weighted by atomic mass is 9.97. The molecule has 1 aliphatic heterocycles. The third-order valence-electron chi connectivity index (χ3n) is 5.70. The molecule has 3 heteroatoms. The highest BCUT2D eigenvalue weighted by molar-refractivity contribution is 5.77. The summed E-state index contributed by atoms with van der Waals surface area (Å²) in [6.07, 6.45) is 6.51. The molecule has 27 heavy (non-hydrogen) atoms. The fourth-order valence-corrected chi connectivity index (χ4v) is 3.88. The largest absolute Gasteiger partial charge is 0.396 e. The number of para-hydroxylation sites is 1. The van der Waals surface area contributed by atoms with Crippen molar-refractivity contribution < 1.29 is 9.67 Å². The number of pyridine rings is 1. The Morgan fingerprint density at radius 2 is 1.70 bits per heavy atom. The monoisotopic (exact) mass is 359 g/mol. The van der Waals surface area contributed by atoms with Crippen molar-refractivity contribution in [1.82, 2.24) is 0 Å². The summed E-state index contributed by atoms with van der Waals surface area (Å²) in [4.78, 5) is 2.42. The van der Waals surface area contributed by atoms with Gasteiger partial charge in [0.15, 0.2) is 0 Å². The molecule has 2 heterocycles.